The number of hydrogen-bond acceptors (Lipinski definition) is 8. The van der Waals surface area contributed by atoms with Gasteiger partial charge in [-0.25, -0.2) is 0 Å². The molecular formula is C14H32N4S4. The number of rotatable bonds is 18. The summed E-state index contributed by atoms with van der Waals surface area (Å²) >= 11 is 0. The summed E-state index contributed by atoms with van der Waals surface area (Å²) < 4.78 is 0. The van der Waals surface area contributed by atoms with Crippen LogP contribution in [0.2, 0.25) is 0 Å². The highest BCUT2D eigenvalue weighted by atomic mass is 33.1. The Hall–Kier alpha value is 0.980. The SMILES string of the molecule is NCCCNCCSSC/C=C/CSSCCNCCCN. The van der Waals surface area contributed by atoms with Gasteiger partial charge in [-0.2, -0.15) is 0 Å². The second kappa shape index (κ2) is 22.0. The zero-order chi connectivity index (χ0) is 16.1. The first-order valence-electron chi connectivity index (χ1n) is 7.87. The molecule has 0 spiro atoms. The molecule has 0 aromatic carbocycles. The first-order chi connectivity index (χ1) is 10.9. The Bertz CT molecular complexity index is 211. The van der Waals surface area contributed by atoms with Crippen LogP contribution in [0.4, 0.5) is 0 Å². The average Bonchev–Trinajstić information content (AvgIpc) is 2.54. The van der Waals surface area contributed by atoms with Gasteiger partial charge in [0.2, 0.25) is 0 Å². The van der Waals surface area contributed by atoms with E-state index in [0.29, 0.717) is 0 Å². The first-order valence-corrected chi connectivity index (χ1v) is 12.8. The van der Waals surface area contributed by atoms with E-state index in [-0.39, 0.29) is 0 Å². The fraction of sp³-hybridized carbons (Fsp3) is 0.857. The van der Waals surface area contributed by atoms with E-state index >= 15 is 0 Å². The molecule has 0 rings (SSSR count). The van der Waals surface area contributed by atoms with Crippen molar-refractivity contribution in [3.63, 3.8) is 0 Å². The van der Waals surface area contributed by atoms with Crippen LogP contribution in [0.25, 0.3) is 0 Å². The van der Waals surface area contributed by atoms with Gasteiger partial charge in [-0.3, -0.25) is 0 Å². The molecule has 0 aliphatic carbocycles. The van der Waals surface area contributed by atoms with Crippen molar-refractivity contribution in [1.29, 1.82) is 0 Å². The van der Waals surface area contributed by atoms with Crippen molar-refractivity contribution in [2.24, 2.45) is 11.5 Å². The highest BCUT2D eigenvalue weighted by Crippen LogP contribution is 2.22. The van der Waals surface area contributed by atoms with Crippen LogP contribution in [0, 0.1) is 0 Å². The summed E-state index contributed by atoms with van der Waals surface area (Å²) in [5.41, 5.74) is 10.9. The second-order valence-electron chi connectivity index (χ2n) is 4.47. The fourth-order valence-electron chi connectivity index (χ4n) is 1.36. The Morgan fingerprint density at radius 1 is 0.636 bits per heavy atom. The van der Waals surface area contributed by atoms with E-state index in [1.165, 1.54) is 0 Å². The topological polar surface area (TPSA) is 76.1 Å². The zero-order valence-electron chi connectivity index (χ0n) is 13.4. The molecule has 0 saturated heterocycles. The Labute approximate surface area is 152 Å². The van der Waals surface area contributed by atoms with Crippen molar-refractivity contribution in [3.05, 3.63) is 12.2 Å². The molecule has 0 fully saturated rings. The molecule has 22 heavy (non-hydrogen) atoms. The lowest BCUT2D eigenvalue weighted by molar-refractivity contribution is 0.683. The Kier molecular flexibility index (Phi) is 23.0. The predicted molar refractivity (Wildman–Crippen MR) is 112 cm³/mol. The van der Waals surface area contributed by atoms with Crippen LogP contribution in [0.5, 0.6) is 0 Å². The smallest absolute Gasteiger partial charge is 0.0218 e. The molecule has 0 aromatic heterocycles. The molecular weight excluding hydrogens is 352 g/mol. The molecule has 132 valence electrons. The van der Waals surface area contributed by atoms with E-state index in [9.17, 15) is 0 Å². The molecule has 0 radical (unpaired) electrons. The first kappa shape index (κ1) is 23.0. The molecule has 0 amide bonds. The van der Waals surface area contributed by atoms with E-state index in [1.807, 2.05) is 43.2 Å². The largest absolute Gasteiger partial charge is 0.330 e. The van der Waals surface area contributed by atoms with Gasteiger partial charge in [0.05, 0.1) is 0 Å². The maximum absolute atomic E-state index is 5.43. The van der Waals surface area contributed by atoms with Crippen molar-refractivity contribution >= 4 is 43.2 Å². The van der Waals surface area contributed by atoms with Gasteiger partial charge in [0.25, 0.3) is 0 Å². The Morgan fingerprint density at radius 2 is 1.09 bits per heavy atom. The van der Waals surface area contributed by atoms with Crippen molar-refractivity contribution < 1.29 is 0 Å². The van der Waals surface area contributed by atoms with Gasteiger partial charge >= 0.3 is 0 Å². The highest BCUT2D eigenvalue weighted by molar-refractivity contribution is 8.77. The summed E-state index contributed by atoms with van der Waals surface area (Å²) in [4.78, 5) is 0. The molecule has 0 heterocycles. The van der Waals surface area contributed by atoms with Crippen molar-refractivity contribution in [3.8, 4) is 0 Å². The fourth-order valence-corrected chi connectivity index (χ4v) is 4.93. The number of hydrogen-bond donors (Lipinski definition) is 4. The van der Waals surface area contributed by atoms with Gasteiger partial charge in [0.1, 0.15) is 0 Å². The summed E-state index contributed by atoms with van der Waals surface area (Å²) in [5.74, 6) is 4.51. The number of nitrogens with one attached hydrogen (secondary N) is 2. The Morgan fingerprint density at radius 3 is 1.50 bits per heavy atom. The van der Waals surface area contributed by atoms with Crippen LogP contribution in [0.15, 0.2) is 12.2 Å². The van der Waals surface area contributed by atoms with Gasteiger partial charge < -0.3 is 22.1 Å². The van der Waals surface area contributed by atoms with Crippen LogP contribution < -0.4 is 22.1 Å². The standard InChI is InChI=1S/C14H32N4S4/c15-5-3-7-17-9-13-21-19-11-1-2-12-20-22-14-10-18-8-4-6-16/h1-2,17-18H,3-16H2/b2-1+. The quantitative estimate of drug-likeness (QED) is 0.163. The van der Waals surface area contributed by atoms with Crippen molar-refractivity contribution in [1.82, 2.24) is 10.6 Å². The van der Waals surface area contributed by atoms with Crippen LogP contribution in [0.1, 0.15) is 12.8 Å². The molecule has 0 aromatic rings. The third-order valence-corrected chi connectivity index (χ3v) is 7.05. The minimum absolute atomic E-state index is 0.779. The molecule has 0 aliphatic rings. The summed E-state index contributed by atoms with van der Waals surface area (Å²) in [7, 11) is 7.72. The summed E-state index contributed by atoms with van der Waals surface area (Å²) in [6.07, 6.45) is 6.68. The van der Waals surface area contributed by atoms with Crippen LogP contribution in [-0.4, -0.2) is 62.3 Å². The monoisotopic (exact) mass is 384 g/mol. The third-order valence-electron chi connectivity index (χ3n) is 2.50. The minimum atomic E-state index is 0.779. The summed E-state index contributed by atoms with van der Waals surface area (Å²) in [5, 5.41) is 6.77. The molecule has 0 atom stereocenters. The van der Waals surface area contributed by atoms with Gasteiger partial charge in [-0.05, 0) is 39.0 Å². The van der Waals surface area contributed by atoms with E-state index < -0.39 is 0 Å². The van der Waals surface area contributed by atoms with Crippen LogP contribution in [-0.2, 0) is 0 Å². The normalized spacial score (nSPS) is 11.5. The van der Waals surface area contributed by atoms with Gasteiger partial charge in [-0.15, -0.1) is 0 Å². The highest BCUT2D eigenvalue weighted by Gasteiger charge is 1.91. The molecule has 0 saturated carbocycles. The average molecular weight is 385 g/mol. The molecule has 8 heteroatoms. The maximum Gasteiger partial charge on any atom is 0.0218 e. The van der Waals surface area contributed by atoms with Gasteiger partial charge in [0.15, 0.2) is 0 Å². The molecule has 0 aliphatic heterocycles. The summed E-state index contributed by atoms with van der Waals surface area (Å²) in [6.45, 7) is 5.79. The lowest BCUT2D eigenvalue weighted by atomic mass is 10.4. The molecule has 0 unspecified atom stereocenters. The number of nitrogens with two attached hydrogens (primary N) is 2. The van der Waals surface area contributed by atoms with Crippen molar-refractivity contribution in [2.75, 3.05) is 62.3 Å². The van der Waals surface area contributed by atoms with Crippen LogP contribution in [0.3, 0.4) is 0 Å². The second-order valence-corrected chi connectivity index (χ2v) is 9.72. The van der Waals surface area contributed by atoms with E-state index in [0.717, 1.165) is 75.1 Å². The third kappa shape index (κ3) is 21.0. The van der Waals surface area contributed by atoms with E-state index in [4.69, 9.17) is 11.5 Å². The lowest BCUT2D eigenvalue weighted by Crippen LogP contribution is -2.20. The summed E-state index contributed by atoms with van der Waals surface area (Å²) in [6, 6.07) is 0. The molecule has 6 N–H and O–H groups in total. The van der Waals surface area contributed by atoms with Crippen molar-refractivity contribution in [2.45, 2.75) is 12.8 Å². The maximum atomic E-state index is 5.43. The van der Waals surface area contributed by atoms with Gasteiger partial charge in [-0.1, -0.05) is 55.3 Å². The molecule has 4 nitrogen and oxygen atoms in total. The Balaban J connectivity index is 3.03. The minimum Gasteiger partial charge on any atom is -0.330 e. The van der Waals surface area contributed by atoms with Gasteiger partial charge in [0, 0.05) is 36.1 Å². The lowest BCUT2D eigenvalue weighted by Gasteiger charge is -2.02. The van der Waals surface area contributed by atoms with Crippen LogP contribution >= 0.6 is 43.2 Å². The van der Waals surface area contributed by atoms with E-state index in [1.54, 1.807) is 0 Å². The zero-order valence-corrected chi connectivity index (χ0v) is 16.7. The molecule has 0 bridgehead atoms. The predicted octanol–water partition coefficient (Wildman–Crippen LogP) is 2.18. The van der Waals surface area contributed by atoms with E-state index in [2.05, 4.69) is 22.8 Å².